The minimum absolute atomic E-state index is 0.238. The highest BCUT2D eigenvalue weighted by molar-refractivity contribution is 7.85. The van der Waals surface area contributed by atoms with Crippen molar-refractivity contribution in [1.82, 2.24) is 5.32 Å². The smallest absolute Gasteiger partial charge is 0.266 e. The summed E-state index contributed by atoms with van der Waals surface area (Å²) in [7, 11) is -4.33. The third kappa shape index (κ3) is 39.1. The first-order chi connectivity index (χ1) is 24.8. The van der Waals surface area contributed by atoms with Gasteiger partial charge in [-0.1, -0.05) is 197 Å². The summed E-state index contributed by atoms with van der Waals surface area (Å²) in [4.78, 5) is 12.5. The fourth-order valence-corrected chi connectivity index (χ4v) is 6.90. The highest BCUT2D eigenvalue weighted by Gasteiger charge is 2.26. The van der Waals surface area contributed by atoms with Crippen molar-refractivity contribution in [1.29, 1.82) is 0 Å². The van der Waals surface area contributed by atoms with E-state index in [9.17, 15) is 22.9 Å². The molecule has 0 aromatic carbocycles. The lowest BCUT2D eigenvalue weighted by Crippen LogP contribution is -2.47. The Kier molecular flexibility index (Phi) is 36.3. The molecule has 7 heteroatoms. The molecular formula is C44H79NO5S. The van der Waals surface area contributed by atoms with E-state index in [-0.39, 0.29) is 12.3 Å². The fourth-order valence-electron chi connectivity index (χ4n) is 6.14. The van der Waals surface area contributed by atoms with Crippen molar-refractivity contribution in [3.05, 3.63) is 60.8 Å². The Labute approximate surface area is 315 Å². The Morgan fingerprint density at radius 3 is 1.31 bits per heavy atom. The van der Waals surface area contributed by atoms with Crippen molar-refractivity contribution < 1.29 is 22.9 Å². The van der Waals surface area contributed by atoms with Crippen LogP contribution in [-0.4, -0.2) is 41.9 Å². The van der Waals surface area contributed by atoms with E-state index in [4.69, 9.17) is 0 Å². The van der Waals surface area contributed by atoms with Gasteiger partial charge < -0.3 is 10.4 Å². The highest BCUT2D eigenvalue weighted by Crippen LogP contribution is 2.16. The third-order valence-electron chi connectivity index (χ3n) is 9.24. The van der Waals surface area contributed by atoms with Crippen LogP contribution in [0.3, 0.4) is 0 Å². The van der Waals surface area contributed by atoms with Gasteiger partial charge in [0.1, 0.15) is 0 Å². The van der Waals surface area contributed by atoms with Gasteiger partial charge in [0.25, 0.3) is 10.1 Å². The molecule has 0 aromatic heterocycles. The first-order valence-corrected chi connectivity index (χ1v) is 22.6. The molecular weight excluding hydrogens is 655 g/mol. The number of allylic oxidation sites excluding steroid dienone is 10. The highest BCUT2D eigenvalue weighted by atomic mass is 32.2. The van der Waals surface area contributed by atoms with Crippen LogP contribution in [0, 0.1) is 0 Å². The number of aliphatic hydroxyl groups is 1. The van der Waals surface area contributed by atoms with Gasteiger partial charge in [0, 0.05) is 6.42 Å². The van der Waals surface area contributed by atoms with Crippen molar-refractivity contribution in [3.8, 4) is 0 Å². The zero-order valence-corrected chi connectivity index (χ0v) is 33.8. The van der Waals surface area contributed by atoms with Crippen molar-refractivity contribution >= 4 is 16.0 Å². The van der Waals surface area contributed by atoms with Crippen molar-refractivity contribution in [2.45, 2.75) is 206 Å². The van der Waals surface area contributed by atoms with E-state index in [1.807, 2.05) is 0 Å². The molecule has 51 heavy (non-hydrogen) atoms. The second-order valence-electron chi connectivity index (χ2n) is 14.2. The lowest BCUT2D eigenvalue weighted by molar-refractivity contribution is -0.122. The number of rotatable bonds is 37. The number of amides is 1. The maximum Gasteiger partial charge on any atom is 0.266 e. The monoisotopic (exact) mass is 734 g/mol. The van der Waals surface area contributed by atoms with Crippen LogP contribution in [-0.2, 0) is 14.9 Å². The van der Waals surface area contributed by atoms with Gasteiger partial charge in [0.05, 0.1) is 17.9 Å². The van der Waals surface area contributed by atoms with Crippen LogP contribution >= 0.6 is 0 Å². The minimum atomic E-state index is -4.33. The van der Waals surface area contributed by atoms with E-state index >= 15 is 0 Å². The maximum absolute atomic E-state index is 12.5. The maximum atomic E-state index is 12.5. The predicted molar refractivity (Wildman–Crippen MR) is 221 cm³/mol. The van der Waals surface area contributed by atoms with E-state index in [0.29, 0.717) is 12.8 Å². The SMILES string of the molecule is CC/C=C\C/C=C\C/C=C\C/C=C\C/C=C\CCCC(=O)NC(CS(=O)(=O)O)C(O)CCCCCCCCCCCCCCCCCCCCC. The van der Waals surface area contributed by atoms with Gasteiger partial charge in [-0.2, -0.15) is 8.42 Å². The molecule has 3 N–H and O–H groups in total. The Morgan fingerprint density at radius 2 is 0.922 bits per heavy atom. The summed E-state index contributed by atoms with van der Waals surface area (Å²) in [6, 6.07) is -1.00. The number of hydrogen-bond acceptors (Lipinski definition) is 4. The molecule has 2 unspecified atom stereocenters. The first-order valence-electron chi connectivity index (χ1n) is 21.0. The normalized spacial score (nSPS) is 13.9. The molecule has 0 heterocycles. The van der Waals surface area contributed by atoms with E-state index < -0.39 is 28.0 Å². The Hall–Kier alpha value is -1.96. The van der Waals surface area contributed by atoms with E-state index in [1.54, 1.807) is 0 Å². The fraction of sp³-hybridized carbons (Fsp3) is 0.750. The molecule has 6 nitrogen and oxygen atoms in total. The molecule has 0 aliphatic carbocycles. The Morgan fingerprint density at radius 1 is 0.549 bits per heavy atom. The molecule has 0 fully saturated rings. The molecule has 0 spiro atoms. The van der Waals surface area contributed by atoms with Crippen LogP contribution in [0.1, 0.15) is 194 Å². The van der Waals surface area contributed by atoms with Gasteiger partial charge in [-0.3, -0.25) is 9.35 Å². The Bertz CT molecular complexity index is 1030. The number of nitrogens with one attached hydrogen (secondary N) is 1. The minimum Gasteiger partial charge on any atom is -0.391 e. The summed E-state index contributed by atoms with van der Waals surface area (Å²) in [5.74, 6) is -0.975. The molecule has 2 atom stereocenters. The number of hydrogen-bond donors (Lipinski definition) is 3. The zero-order chi connectivity index (χ0) is 37.5. The molecule has 0 aliphatic rings. The van der Waals surface area contributed by atoms with Crippen molar-refractivity contribution in [3.63, 3.8) is 0 Å². The largest absolute Gasteiger partial charge is 0.391 e. The quantitative estimate of drug-likeness (QED) is 0.0335. The molecule has 0 aromatic rings. The summed E-state index contributed by atoms with van der Waals surface area (Å²) in [5, 5.41) is 13.3. The van der Waals surface area contributed by atoms with Crippen LogP contribution in [0.25, 0.3) is 0 Å². The second-order valence-corrected chi connectivity index (χ2v) is 15.7. The number of carbonyl (C=O) groups is 1. The summed E-state index contributed by atoms with van der Waals surface area (Å²) >= 11 is 0. The van der Waals surface area contributed by atoms with Crippen molar-refractivity contribution in [2.24, 2.45) is 0 Å². The number of unbranched alkanes of at least 4 members (excludes halogenated alkanes) is 19. The Balaban J connectivity index is 3.95. The molecule has 0 bridgehead atoms. The predicted octanol–water partition coefficient (Wildman–Crippen LogP) is 12.5. The molecule has 0 radical (unpaired) electrons. The van der Waals surface area contributed by atoms with Crippen molar-refractivity contribution in [2.75, 3.05) is 5.75 Å². The molecule has 0 aliphatic heterocycles. The van der Waals surface area contributed by atoms with Crippen LogP contribution in [0.4, 0.5) is 0 Å². The van der Waals surface area contributed by atoms with E-state index in [2.05, 4.69) is 79.9 Å². The zero-order valence-electron chi connectivity index (χ0n) is 33.0. The van der Waals surface area contributed by atoms with Gasteiger partial charge in [0.2, 0.25) is 5.91 Å². The van der Waals surface area contributed by atoms with E-state index in [1.165, 1.54) is 103 Å². The van der Waals surface area contributed by atoms with Gasteiger partial charge in [-0.25, -0.2) is 0 Å². The second kappa shape index (κ2) is 37.8. The van der Waals surface area contributed by atoms with Gasteiger partial charge in [-0.15, -0.1) is 0 Å². The van der Waals surface area contributed by atoms with Crippen LogP contribution in [0.5, 0.6) is 0 Å². The number of carbonyl (C=O) groups excluding carboxylic acids is 1. The average molecular weight is 734 g/mol. The molecule has 296 valence electrons. The number of aliphatic hydroxyl groups excluding tert-OH is 1. The molecule has 0 rings (SSSR count). The summed E-state index contributed by atoms with van der Waals surface area (Å²) in [6.07, 6.45) is 51.8. The lowest BCUT2D eigenvalue weighted by Gasteiger charge is -2.23. The third-order valence-corrected chi connectivity index (χ3v) is 10.0. The topological polar surface area (TPSA) is 104 Å². The standard InChI is InChI=1S/C44H79NO5S/c1-3-5-7-9-11-13-15-17-19-21-22-24-25-27-29-31-33-35-37-39-43(46)42(41-51(48,49)50)45-44(47)40-38-36-34-32-30-28-26-23-20-18-16-14-12-10-8-6-4-2/h6,8,12,14,18,20,26,28,32,34,42-43,46H,3-5,7,9-11,13,15-17,19,21-25,27,29-31,33,35-41H2,1-2H3,(H,45,47)(H,48,49,50)/b8-6-,14-12-,20-18-,28-26-,34-32-. The summed E-state index contributed by atoms with van der Waals surface area (Å²) in [5.41, 5.74) is 0. The van der Waals surface area contributed by atoms with Gasteiger partial charge in [-0.05, 0) is 51.4 Å². The van der Waals surface area contributed by atoms with Crippen LogP contribution < -0.4 is 5.32 Å². The van der Waals surface area contributed by atoms with Gasteiger partial charge >= 0.3 is 0 Å². The van der Waals surface area contributed by atoms with E-state index in [0.717, 1.165) is 57.8 Å². The van der Waals surface area contributed by atoms with Crippen LogP contribution in [0.2, 0.25) is 0 Å². The summed E-state index contributed by atoms with van der Waals surface area (Å²) in [6.45, 7) is 4.41. The first kappa shape index (κ1) is 49.0. The molecule has 1 amide bonds. The molecule has 0 saturated carbocycles. The average Bonchev–Trinajstić information content (AvgIpc) is 3.09. The summed E-state index contributed by atoms with van der Waals surface area (Å²) < 4.78 is 32.6. The lowest BCUT2D eigenvalue weighted by atomic mass is 10.0. The van der Waals surface area contributed by atoms with Crippen LogP contribution in [0.15, 0.2) is 60.8 Å². The van der Waals surface area contributed by atoms with Gasteiger partial charge in [0.15, 0.2) is 0 Å². The molecule has 0 saturated heterocycles.